The predicted octanol–water partition coefficient (Wildman–Crippen LogP) is 2.70. The monoisotopic (exact) mass is 311 g/mol. The average molecular weight is 312 g/mol. The highest BCUT2D eigenvalue weighted by molar-refractivity contribution is 5.85. The summed E-state index contributed by atoms with van der Waals surface area (Å²) in [6.45, 7) is 5.00. The van der Waals surface area contributed by atoms with Crippen LogP contribution in [0.4, 0.5) is 4.39 Å². The molecular weight excluding hydrogens is 293 g/mol. The molecule has 1 aliphatic heterocycles. The molecule has 0 bridgehead atoms. The third kappa shape index (κ3) is 4.27. The van der Waals surface area contributed by atoms with Crippen molar-refractivity contribution in [2.24, 2.45) is 0 Å². The zero-order chi connectivity index (χ0) is 13.8. The van der Waals surface area contributed by atoms with Crippen LogP contribution in [0.5, 0.6) is 0 Å². The fourth-order valence-corrected chi connectivity index (χ4v) is 2.39. The summed E-state index contributed by atoms with van der Waals surface area (Å²) < 4.78 is 18.4. The third-order valence-corrected chi connectivity index (χ3v) is 3.46. The Morgan fingerprint density at radius 3 is 2.81 bits per heavy atom. The van der Waals surface area contributed by atoms with E-state index in [2.05, 4.69) is 15.2 Å². The van der Waals surface area contributed by atoms with Gasteiger partial charge in [-0.05, 0) is 43.8 Å². The second-order valence-electron chi connectivity index (χ2n) is 5.03. The molecule has 2 aromatic rings. The largest absolute Gasteiger partial charge is 0.444 e. The van der Waals surface area contributed by atoms with Gasteiger partial charge in [0.05, 0.1) is 5.69 Å². The maximum atomic E-state index is 12.9. The second kappa shape index (κ2) is 7.54. The summed E-state index contributed by atoms with van der Waals surface area (Å²) in [4.78, 5) is 6.85. The van der Waals surface area contributed by atoms with Gasteiger partial charge in [0.25, 0.3) is 0 Å². The van der Waals surface area contributed by atoms with E-state index in [4.69, 9.17) is 4.42 Å². The molecule has 0 saturated carbocycles. The van der Waals surface area contributed by atoms with Crippen molar-refractivity contribution in [2.75, 3.05) is 26.2 Å². The SMILES string of the molecule is Cl.Fc1ccc(-c2nc(CN3CCCNCC3)co2)cc1. The van der Waals surface area contributed by atoms with Gasteiger partial charge in [-0.2, -0.15) is 0 Å². The van der Waals surface area contributed by atoms with Crippen LogP contribution in [-0.2, 0) is 6.54 Å². The van der Waals surface area contributed by atoms with Gasteiger partial charge in [0.1, 0.15) is 12.1 Å². The number of halogens is 2. The van der Waals surface area contributed by atoms with Crippen molar-refractivity contribution in [2.45, 2.75) is 13.0 Å². The lowest BCUT2D eigenvalue weighted by Gasteiger charge is -2.17. The second-order valence-corrected chi connectivity index (χ2v) is 5.03. The minimum Gasteiger partial charge on any atom is -0.444 e. The van der Waals surface area contributed by atoms with Gasteiger partial charge in [-0.3, -0.25) is 4.90 Å². The topological polar surface area (TPSA) is 41.3 Å². The zero-order valence-electron chi connectivity index (χ0n) is 11.7. The Bertz CT molecular complexity index is 550. The lowest BCUT2D eigenvalue weighted by atomic mass is 10.2. The van der Waals surface area contributed by atoms with E-state index in [1.54, 1.807) is 18.4 Å². The minimum absolute atomic E-state index is 0. The molecule has 0 amide bonds. The van der Waals surface area contributed by atoms with Crippen molar-refractivity contribution in [3.05, 3.63) is 42.0 Å². The molecule has 0 atom stereocenters. The van der Waals surface area contributed by atoms with Crippen LogP contribution >= 0.6 is 12.4 Å². The van der Waals surface area contributed by atoms with E-state index in [1.807, 2.05) is 0 Å². The van der Waals surface area contributed by atoms with Crippen LogP contribution in [0.1, 0.15) is 12.1 Å². The van der Waals surface area contributed by atoms with E-state index in [1.165, 1.54) is 12.1 Å². The van der Waals surface area contributed by atoms with Crippen LogP contribution in [0.25, 0.3) is 11.5 Å². The lowest BCUT2D eigenvalue weighted by molar-refractivity contribution is 0.281. The highest BCUT2D eigenvalue weighted by Gasteiger charge is 2.12. The first-order valence-corrected chi connectivity index (χ1v) is 6.95. The summed E-state index contributed by atoms with van der Waals surface area (Å²) >= 11 is 0. The summed E-state index contributed by atoms with van der Waals surface area (Å²) in [5.41, 5.74) is 1.72. The number of aromatic nitrogens is 1. The lowest BCUT2D eigenvalue weighted by Crippen LogP contribution is -2.27. The molecule has 2 heterocycles. The van der Waals surface area contributed by atoms with Crippen LogP contribution < -0.4 is 5.32 Å². The molecule has 1 aliphatic rings. The molecule has 3 rings (SSSR count). The molecule has 6 heteroatoms. The Morgan fingerprint density at radius 1 is 1.19 bits per heavy atom. The number of nitrogens with one attached hydrogen (secondary N) is 1. The molecule has 1 fully saturated rings. The van der Waals surface area contributed by atoms with Crippen LogP contribution in [0.2, 0.25) is 0 Å². The third-order valence-electron chi connectivity index (χ3n) is 3.46. The molecule has 114 valence electrons. The molecule has 0 radical (unpaired) electrons. The minimum atomic E-state index is -0.252. The van der Waals surface area contributed by atoms with Crippen LogP contribution in [0.15, 0.2) is 34.9 Å². The summed E-state index contributed by atoms with van der Waals surface area (Å²) in [5.74, 6) is 0.297. The van der Waals surface area contributed by atoms with E-state index >= 15 is 0 Å². The Labute approximate surface area is 129 Å². The van der Waals surface area contributed by atoms with Crippen LogP contribution in [0, 0.1) is 5.82 Å². The van der Waals surface area contributed by atoms with Gasteiger partial charge in [-0.25, -0.2) is 9.37 Å². The molecule has 21 heavy (non-hydrogen) atoms. The summed E-state index contributed by atoms with van der Waals surface area (Å²) in [6.07, 6.45) is 2.85. The number of nitrogens with zero attached hydrogens (tertiary/aromatic N) is 2. The quantitative estimate of drug-likeness (QED) is 0.946. The molecule has 0 unspecified atom stereocenters. The first kappa shape index (κ1) is 15.9. The van der Waals surface area contributed by atoms with Crippen molar-refractivity contribution in [3.8, 4) is 11.5 Å². The van der Waals surface area contributed by atoms with E-state index in [0.717, 1.165) is 50.4 Å². The van der Waals surface area contributed by atoms with Gasteiger partial charge in [0.2, 0.25) is 5.89 Å². The zero-order valence-corrected chi connectivity index (χ0v) is 12.5. The van der Waals surface area contributed by atoms with E-state index < -0.39 is 0 Å². The van der Waals surface area contributed by atoms with Gasteiger partial charge in [-0.15, -0.1) is 12.4 Å². The van der Waals surface area contributed by atoms with E-state index in [0.29, 0.717) is 5.89 Å². The molecule has 0 aliphatic carbocycles. The number of hydrogen-bond donors (Lipinski definition) is 1. The average Bonchev–Trinajstić information content (AvgIpc) is 2.76. The maximum absolute atomic E-state index is 12.9. The fourth-order valence-electron chi connectivity index (χ4n) is 2.39. The van der Waals surface area contributed by atoms with Crippen LogP contribution in [-0.4, -0.2) is 36.1 Å². The van der Waals surface area contributed by atoms with Gasteiger partial charge in [0.15, 0.2) is 0 Å². The molecular formula is C15H19ClFN3O. The Balaban J connectivity index is 0.00000161. The predicted molar refractivity (Wildman–Crippen MR) is 81.9 cm³/mol. The molecule has 1 aromatic heterocycles. The molecule has 1 aromatic carbocycles. The van der Waals surface area contributed by atoms with Crippen molar-refractivity contribution in [3.63, 3.8) is 0 Å². The Morgan fingerprint density at radius 2 is 2.00 bits per heavy atom. The summed E-state index contributed by atoms with van der Waals surface area (Å²) in [7, 11) is 0. The normalized spacial score (nSPS) is 16.2. The molecule has 1 saturated heterocycles. The first-order valence-electron chi connectivity index (χ1n) is 6.95. The highest BCUT2D eigenvalue weighted by atomic mass is 35.5. The number of rotatable bonds is 3. The molecule has 1 N–H and O–H groups in total. The van der Waals surface area contributed by atoms with Crippen molar-refractivity contribution < 1.29 is 8.81 Å². The number of benzene rings is 1. The Hall–Kier alpha value is -1.43. The van der Waals surface area contributed by atoms with Gasteiger partial charge >= 0.3 is 0 Å². The Kier molecular flexibility index (Phi) is 5.73. The van der Waals surface area contributed by atoms with Crippen molar-refractivity contribution in [1.82, 2.24) is 15.2 Å². The van der Waals surface area contributed by atoms with Crippen molar-refractivity contribution >= 4 is 12.4 Å². The smallest absolute Gasteiger partial charge is 0.226 e. The highest BCUT2D eigenvalue weighted by Crippen LogP contribution is 2.19. The van der Waals surface area contributed by atoms with E-state index in [-0.39, 0.29) is 18.2 Å². The molecule has 0 spiro atoms. The summed E-state index contributed by atoms with van der Waals surface area (Å²) in [5, 5.41) is 3.38. The molecule has 4 nitrogen and oxygen atoms in total. The first-order chi connectivity index (χ1) is 9.81. The number of hydrogen-bond acceptors (Lipinski definition) is 4. The number of oxazole rings is 1. The van der Waals surface area contributed by atoms with Gasteiger partial charge in [-0.1, -0.05) is 0 Å². The fraction of sp³-hybridized carbons (Fsp3) is 0.400. The standard InChI is InChI=1S/C15H18FN3O.ClH/c16-13-4-2-12(3-5-13)15-18-14(11-20-15)10-19-8-1-6-17-7-9-19;/h2-5,11,17H,1,6-10H2;1H. The summed E-state index contributed by atoms with van der Waals surface area (Å²) in [6, 6.07) is 6.20. The van der Waals surface area contributed by atoms with Gasteiger partial charge < -0.3 is 9.73 Å². The van der Waals surface area contributed by atoms with Crippen molar-refractivity contribution in [1.29, 1.82) is 0 Å². The van der Waals surface area contributed by atoms with Crippen LogP contribution in [0.3, 0.4) is 0 Å². The van der Waals surface area contributed by atoms with E-state index in [9.17, 15) is 4.39 Å². The maximum Gasteiger partial charge on any atom is 0.226 e. The van der Waals surface area contributed by atoms with Gasteiger partial charge in [0, 0.05) is 25.2 Å².